The second-order valence-electron chi connectivity index (χ2n) is 14.4. The molecule has 3 N–H and O–H groups in total. The molecule has 0 spiro atoms. The van der Waals surface area contributed by atoms with E-state index < -0.39 is 63.3 Å². The molecule has 0 aliphatic carbocycles. The molecular formula is C37H35Cl2F4N7O7S. The van der Waals surface area contributed by atoms with Gasteiger partial charge in [0, 0.05) is 57.3 Å². The molecule has 1 unspecified atom stereocenters. The molecule has 21 heteroatoms. The summed E-state index contributed by atoms with van der Waals surface area (Å²) in [5, 5.41) is 4.28. The molecule has 14 nitrogen and oxygen atoms in total. The number of nitrogens with one attached hydrogen (secondary N) is 3. The van der Waals surface area contributed by atoms with Gasteiger partial charge in [-0.15, -0.1) is 0 Å². The van der Waals surface area contributed by atoms with Crippen LogP contribution in [-0.2, 0) is 26.0 Å². The number of nitrogens with zero attached hydrogens (tertiary/aromatic N) is 4. The number of hydrogen-bond donors (Lipinski definition) is 3. The third-order valence-corrected chi connectivity index (χ3v) is 12.7. The predicted octanol–water partition coefficient (Wildman–Crippen LogP) is 5.00. The van der Waals surface area contributed by atoms with E-state index in [9.17, 15) is 45.6 Å². The van der Waals surface area contributed by atoms with Crippen molar-refractivity contribution in [3.8, 4) is 0 Å². The summed E-state index contributed by atoms with van der Waals surface area (Å²) in [6.07, 6.45) is -3.64. The summed E-state index contributed by atoms with van der Waals surface area (Å²) in [5.74, 6) is -4.17. The van der Waals surface area contributed by atoms with Gasteiger partial charge in [0.15, 0.2) is 0 Å². The highest BCUT2D eigenvalue weighted by atomic mass is 35.5. The zero-order chi connectivity index (χ0) is 41.7. The monoisotopic (exact) mass is 867 g/mol. The van der Waals surface area contributed by atoms with Gasteiger partial charge in [-0.3, -0.25) is 43.8 Å². The molecule has 7 rings (SSSR count). The van der Waals surface area contributed by atoms with Crippen LogP contribution in [0, 0.1) is 11.7 Å². The van der Waals surface area contributed by atoms with Gasteiger partial charge in [-0.1, -0.05) is 23.2 Å². The van der Waals surface area contributed by atoms with E-state index in [-0.39, 0.29) is 75.6 Å². The number of hydrogen-bond acceptors (Lipinski definition) is 9. The maximum Gasteiger partial charge on any atom is 0.416 e. The highest BCUT2D eigenvalue weighted by Crippen LogP contribution is 2.36. The van der Waals surface area contributed by atoms with Gasteiger partial charge in [0.25, 0.3) is 17.7 Å². The van der Waals surface area contributed by atoms with Crippen molar-refractivity contribution in [3.63, 3.8) is 0 Å². The van der Waals surface area contributed by atoms with Crippen LogP contribution < -0.4 is 20.3 Å². The van der Waals surface area contributed by atoms with Crippen molar-refractivity contribution >= 4 is 80.0 Å². The second-order valence-corrected chi connectivity index (χ2v) is 16.9. The molecule has 0 radical (unpaired) electrons. The molecule has 0 bridgehead atoms. The standard InChI is InChI=1S/C37H35Cl2F4N7O7S/c38-22-2-4-28(25(16-22)33(52)44-29-3-1-21(15-26(29)39)37(41,42)43)46-58(56,57)49-9-7-20(8-10-49)19-47-11-13-48(14-12-47)31-18-24-23(17-27(31)40)35(54)50(36(24)55)30-5-6-32(51)45-34(30)53/h1-4,15-18,20,30,46H,5-14,19H2,(H,44,52)(H,45,51,53). The van der Waals surface area contributed by atoms with Crippen LogP contribution in [0.25, 0.3) is 0 Å². The Morgan fingerprint density at radius 3 is 2.14 bits per heavy atom. The Labute approximate surface area is 339 Å². The lowest BCUT2D eigenvalue weighted by Gasteiger charge is -2.39. The van der Waals surface area contributed by atoms with E-state index in [1.807, 2.05) is 0 Å². The predicted molar refractivity (Wildman–Crippen MR) is 204 cm³/mol. The Hall–Kier alpha value is -4.82. The van der Waals surface area contributed by atoms with Gasteiger partial charge in [0.05, 0.1) is 44.3 Å². The highest BCUT2D eigenvalue weighted by Gasteiger charge is 2.45. The van der Waals surface area contributed by atoms with Crippen LogP contribution in [0.15, 0.2) is 48.5 Å². The summed E-state index contributed by atoms with van der Waals surface area (Å²) in [6, 6.07) is 7.49. The van der Waals surface area contributed by atoms with E-state index in [1.54, 1.807) is 4.90 Å². The summed E-state index contributed by atoms with van der Waals surface area (Å²) in [4.78, 5) is 68.3. The summed E-state index contributed by atoms with van der Waals surface area (Å²) >= 11 is 12.1. The fourth-order valence-corrected chi connectivity index (χ4v) is 9.25. The van der Waals surface area contributed by atoms with Crippen molar-refractivity contribution < 1.29 is 50.0 Å². The fraction of sp³-hybridized carbons (Fsp3) is 0.378. The largest absolute Gasteiger partial charge is 0.416 e. The minimum atomic E-state index is -4.65. The maximum atomic E-state index is 15.4. The first kappa shape index (κ1) is 41.3. The molecule has 0 saturated carbocycles. The summed E-state index contributed by atoms with van der Waals surface area (Å²) in [6.45, 7) is 2.93. The number of imide groups is 2. The minimum Gasteiger partial charge on any atom is -0.367 e. The fourth-order valence-electron chi connectivity index (χ4n) is 7.57. The molecule has 3 fully saturated rings. The van der Waals surface area contributed by atoms with Gasteiger partial charge < -0.3 is 10.2 Å². The molecular weight excluding hydrogens is 833 g/mol. The van der Waals surface area contributed by atoms with E-state index in [1.165, 1.54) is 28.6 Å². The van der Waals surface area contributed by atoms with Crippen molar-refractivity contribution in [2.75, 3.05) is 60.8 Å². The Morgan fingerprint density at radius 1 is 0.845 bits per heavy atom. The number of anilines is 3. The van der Waals surface area contributed by atoms with Crippen molar-refractivity contribution in [2.45, 2.75) is 37.9 Å². The Balaban J connectivity index is 0.922. The van der Waals surface area contributed by atoms with Crippen molar-refractivity contribution in [1.29, 1.82) is 0 Å². The van der Waals surface area contributed by atoms with Crippen LogP contribution in [-0.4, -0.2) is 104 Å². The molecule has 5 amide bonds. The zero-order valence-electron chi connectivity index (χ0n) is 30.4. The van der Waals surface area contributed by atoms with Gasteiger partial charge in [-0.25, -0.2) is 4.39 Å². The molecule has 308 valence electrons. The number of piperidine rings is 2. The summed E-state index contributed by atoms with van der Waals surface area (Å²) < 4.78 is 85.3. The van der Waals surface area contributed by atoms with Crippen LogP contribution in [0.4, 0.5) is 34.6 Å². The first-order valence-corrected chi connectivity index (χ1v) is 20.4. The molecule has 58 heavy (non-hydrogen) atoms. The van der Waals surface area contributed by atoms with Crippen molar-refractivity contribution in [2.24, 2.45) is 5.92 Å². The SMILES string of the molecule is O=C1CCC(N2C(=O)c3cc(F)c(N4CCN(CC5CCN(S(=O)(=O)Nc6ccc(Cl)cc6C(=O)Nc6ccc(C(F)(F)F)cc6Cl)CC5)CC4)cc3C2=O)C(=O)N1. The van der Waals surface area contributed by atoms with E-state index in [2.05, 4.69) is 20.3 Å². The molecule has 4 heterocycles. The lowest BCUT2D eigenvalue weighted by Crippen LogP contribution is -2.54. The van der Waals surface area contributed by atoms with Gasteiger partial charge >= 0.3 is 16.4 Å². The van der Waals surface area contributed by atoms with Crippen LogP contribution in [0.3, 0.4) is 0 Å². The van der Waals surface area contributed by atoms with E-state index in [4.69, 9.17) is 23.2 Å². The Kier molecular flexibility index (Phi) is 11.5. The number of piperazine rings is 1. The lowest BCUT2D eigenvalue weighted by atomic mass is 9.97. The molecule has 4 aliphatic heterocycles. The number of benzene rings is 3. The first-order valence-electron chi connectivity index (χ1n) is 18.2. The van der Waals surface area contributed by atoms with Gasteiger partial charge in [-0.05, 0) is 73.7 Å². The molecule has 3 saturated heterocycles. The van der Waals surface area contributed by atoms with Crippen molar-refractivity contribution in [3.05, 3.63) is 86.6 Å². The van der Waals surface area contributed by atoms with E-state index >= 15 is 4.39 Å². The zero-order valence-corrected chi connectivity index (χ0v) is 32.7. The lowest BCUT2D eigenvalue weighted by molar-refractivity contribution is -0.138. The number of carbonyl (C=O) groups is 5. The van der Waals surface area contributed by atoms with Crippen LogP contribution in [0.2, 0.25) is 10.0 Å². The molecule has 3 aromatic rings. The number of fused-ring (bicyclic) bond motifs is 1. The summed E-state index contributed by atoms with van der Waals surface area (Å²) in [7, 11) is -4.16. The second kappa shape index (κ2) is 16.1. The average Bonchev–Trinajstić information content (AvgIpc) is 3.40. The van der Waals surface area contributed by atoms with E-state index in [0.717, 1.165) is 23.1 Å². The van der Waals surface area contributed by atoms with Crippen LogP contribution in [0.5, 0.6) is 0 Å². The first-order chi connectivity index (χ1) is 27.4. The normalized spacial score (nSPS) is 20.0. The van der Waals surface area contributed by atoms with Gasteiger partial charge in [0.2, 0.25) is 11.8 Å². The van der Waals surface area contributed by atoms with Gasteiger partial charge in [-0.2, -0.15) is 25.9 Å². The number of rotatable bonds is 9. The quantitative estimate of drug-likeness (QED) is 0.198. The smallest absolute Gasteiger partial charge is 0.367 e. The number of amides is 5. The minimum absolute atomic E-state index is 0.0108. The van der Waals surface area contributed by atoms with Crippen LogP contribution in [0.1, 0.15) is 62.3 Å². The number of alkyl halides is 3. The van der Waals surface area contributed by atoms with E-state index in [0.29, 0.717) is 51.6 Å². The Morgan fingerprint density at radius 2 is 1.50 bits per heavy atom. The molecule has 0 aromatic heterocycles. The van der Waals surface area contributed by atoms with Crippen LogP contribution >= 0.6 is 23.2 Å². The number of halogens is 6. The molecule has 1 atom stereocenters. The third-order valence-electron chi connectivity index (χ3n) is 10.7. The van der Waals surface area contributed by atoms with Gasteiger partial charge in [0.1, 0.15) is 11.9 Å². The maximum absolute atomic E-state index is 15.4. The topological polar surface area (TPSA) is 169 Å². The number of carbonyl (C=O) groups excluding carboxylic acids is 5. The van der Waals surface area contributed by atoms with Crippen molar-refractivity contribution in [1.82, 2.24) is 19.4 Å². The third kappa shape index (κ3) is 8.49. The average molecular weight is 869 g/mol. The summed E-state index contributed by atoms with van der Waals surface area (Å²) in [5.41, 5.74) is -1.42. The Bertz CT molecular complexity index is 2320. The highest BCUT2D eigenvalue weighted by molar-refractivity contribution is 7.90. The molecule has 4 aliphatic rings. The molecule has 3 aromatic carbocycles.